The predicted octanol–water partition coefficient (Wildman–Crippen LogP) is 4.56. The van der Waals surface area contributed by atoms with Crippen LogP contribution in [0.3, 0.4) is 0 Å². The van der Waals surface area contributed by atoms with Crippen LogP contribution < -0.4 is 0 Å². The largest absolute Gasteiger partial charge is 0.362 e. The summed E-state index contributed by atoms with van der Waals surface area (Å²) in [5, 5.41) is 0. The first kappa shape index (κ1) is 17.4. The summed E-state index contributed by atoms with van der Waals surface area (Å²) in [5.41, 5.74) is 0. The molecule has 0 aromatic carbocycles. The van der Waals surface area contributed by atoms with Crippen LogP contribution in [0.4, 0.5) is 0 Å². The Morgan fingerprint density at radius 3 is 2.00 bits per heavy atom. The fourth-order valence-corrected chi connectivity index (χ4v) is 2.55. The van der Waals surface area contributed by atoms with E-state index in [4.69, 9.17) is 4.74 Å². The van der Waals surface area contributed by atoms with E-state index in [0.29, 0.717) is 0 Å². The zero-order chi connectivity index (χ0) is 14.5. The van der Waals surface area contributed by atoms with Gasteiger partial charge in [0.05, 0.1) is 6.67 Å². The minimum atomic E-state index is 0.734. The number of hydrogen-bond acceptors (Lipinski definition) is 3. The molecular weight excluding hydrogens is 248 g/mol. The van der Waals surface area contributed by atoms with Crippen molar-refractivity contribution in [3.05, 3.63) is 12.4 Å². The molecule has 1 aliphatic rings. The Labute approximate surface area is 126 Å². The van der Waals surface area contributed by atoms with Gasteiger partial charge in [-0.05, 0) is 6.42 Å². The predicted molar refractivity (Wildman–Crippen MR) is 86.3 cm³/mol. The average molecular weight is 282 g/mol. The van der Waals surface area contributed by atoms with Crippen molar-refractivity contribution < 1.29 is 4.74 Å². The quantitative estimate of drug-likeness (QED) is 0.461. The zero-order valence-electron chi connectivity index (χ0n) is 13.6. The topological polar surface area (TPSA) is 15.7 Å². The molecule has 0 bridgehead atoms. The molecule has 0 atom stereocenters. The Balaban J connectivity index is 1.71. The van der Waals surface area contributed by atoms with Crippen molar-refractivity contribution in [2.24, 2.45) is 0 Å². The van der Waals surface area contributed by atoms with Crippen molar-refractivity contribution in [3.8, 4) is 0 Å². The van der Waals surface area contributed by atoms with Crippen LogP contribution in [-0.4, -0.2) is 36.9 Å². The molecule has 0 fully saturated rings. The average Bonchev–Trinajstić information content (AvgIpc) is 2.86. The van der Waals surface area contributed by atoms with Gasteiger partial charge >= 0.3 is 0 Å². The molecule has 0 amide bonds. The van der Waals surface area contributed by atoms with E-state index < -0.39 is 0 Å². The lowest BCUT2D eigenvalue weighted by atomic mass is 10.1. The van der Waals surface area contributed by atoms with Crippen LogP contribution in [0.5, 0.6) is 0 Å². The smallest absolute Gasteiger partial charge is 0.119 e. The summed E-state index contributed by atoms with van der Waals surface area (Å²) < 4.78 is 5.69. The molecule has 0 saturated carbocycles. The van der Waals surface area contributed by atoms with Crippen molar-refractivity contribution in [3.63, 3.8) is 0 Å². The minimum Gasteiger partial charge on any atom is -0.362 e. The van der Waals surface area contributed by atoms with Gasteiger partial charge in [-0.2, -0.15) is 0 Å². The second-order valence-corrected chi connectivity index (χ2v) is 6.00. The van der Waals surface area contributed by atoms with Crippen LogP contribution >= 0.6 is 0 Å². The van der Waals surface area contributed by atoms with Crippen molar-refractivity contribution in [1.82, 2.24) is 9.80 Å². The summed E-state index contributed by atoms with van der Waals surface area (Å²) in [4.78, 5) is 4.35. The summed E-state index contributed by atoms with van der Waals surface area (Å²) in [6.07, 6.45) is 18.0. The van der Waals surface area contributed by atoms with Gasteiger partial charge in [0.15, 0.2) is 0 Å². The zero-order valence-corrected chi connectivity index (χ0v) is 13.6. The van der Waals surface area contributed by atoms with E-state index in [9.17, 15) is 0 Å². The highest BCUT2D eigenvalue weighted by Gasteiger charge is 2.06. The Hall–Kier alpha value is -0.700. The standard InChI is InChI=1S/C17H34N2O/c1-3-4-5-6-7-8-9-10-11-12-15-20-17-19-14-13-18(2)16-19/h13-14H,3-12,15-17H2,1-2H3. The fraction of sp³-hybridized carbons (Fsp3) is 0.882. The Morgan fingerprint density at radius 2 is 1.45 bits per heavy atom. The van der Waals surface area contributed by atoms with Crippen LogP contribution in [0.25, 0.3) is 0 Å². The van der Waals surface area contributed by atoms with Gasteiger partial charge < -0.3 is 14.5 Å². The van der Waals surface area contributed by atoms with Gasteiger partial charge in [-0.25, -0.2) is 0 Å². The summed E-state index contributed by atoms with van der Waals surface area (Å²) in [5.74, 6) is 0. The molecule has 118 valence electrons. The van der Waals surface area contributed by atoms with Crippen LogP contribution in [0, 0.1) is 0 Å². The van der Waals surface area contributed by atoms with Crippen LogP contribution in [0.1, 0.15) is 71.1 Å². The maximum Gasteiger partial charge on any atom is 0.119 e. The van der Waals surface area contributed by atoms with Gasteiger partial charge in [0, 0.05) is 26.1 Å². The molecule has 0 aromatic heterocycles. The van der Waals surface area contributed by atoms with Crippen LogP contribution in [0.2, 0.25) is 0 Å². The molecule has 0 N–H and O–H groups in total. The number of ether oxygens (including phenoxy) is 1. The lowest BCUT2D eigenvalue weighted by Crippen LogP contribution is -2.24. The number of hydrogen-bond donors (Lipinski definition) is 0. The minimum absolute atomic E-state index is 0.734. The fourth-order valence-electron chi connectivity index (χ4n) is 2.55. The van der Waals surface area contributed by atoms with E-state index in [2.05, 4.69) is 36.2 Å². The van der Waals surface area contributed by atoms with Gasteiger partial charge in [0.1, 0.15) is 6.73 Å². The highest BCUT2D eigenvalue weighted by Crippen LogP contribution is 2.10. The molecule has 1 aliphatic heterocycles. The summed E-state index contributed by atoms with van der Waals surface area (Å²) in [6, 6.07) is 0. The maximum atomic E-state index is 5.69. The molecule has 3 nitrogen and oxygen atoms in total. The van der Waals surface area contributed by atoms with Crippen LogP contribution in [0.15, 0.2) is 12.4 Å². The summed E-state index contributed by atoms with van der Waals surface area (Å²) >= 11 is 0. The van der Waals surface area contributed by atoms with E-state index in [-0.39, 0.29) is 0 Å². The van der Waals surface area contributed by atoms with E-state index in [1.165, 1.54) is 64.2 Å². The second-order valence-electron chi connectivity index (χ2n) is 6.00. The van der Waals surface area contributed by atoms with E-state index in [1.807, 2.05) is 0 Å². The van der Waals surface area contributed by atoms with Crippen molar-refractivity contribution >= 4 is 0 Å². The molecule has 1 rings (SSSR count). The van der Waals surface area contributed by atoms with Crippen molar-refractivity contribution in [2.75, 3.05) is 27.1 Å². The number of unbranched alkanes of at least 4 members (excludes halogenated alkanes) is 9. The van der Waals surface area contributed by atoms with Crippen molar-refractivity contribution in [2.45, 2.75) is 71.1 Å². The first-order valence-electron chi connectivity index (χ1n) is 8.53. The molecule has 0 unspecified atom stereocenters. The molecule has 0 spiro atoms. The maximum absolute atomic E-state index is 5.69. The lowest BCUT2D eigenvalue weighted by molar-refractivity contribution is 0.0449. The van der Waals surface area contributed by atoms with E-state index in [1.54, 1.807) is 0 Å². The van der Waals surface area contributed by atoms with E-state index in [0.717, 1.165) is 20.0 Å². The Bertz CT molecular complexity index is 243. The third kappa shape index (κ3) is 9.24. The lowest BCUT2D eigenvalue weighted by Gasteiger charge is -2.17. The molecule has 3 heteroatoms. The number of nitrogens with zero attached hydrogens (tertiary/aromatic N) is 2. The first-order chi connectivity index (χ1) is 9.83. The van der Waals surface area contributed by atoms with Crippen LogP contribution in [-0.2, 0) is 4.74 Å². The summed E-state index contributed by atoms with van der Waals surface area (Å²) in [6.45, 7) is 4.88. The molecule has 0 radical (unpaired) electrons. The Kier molecular flexibility index (Phi) is 10.5. The molecule has 20 heavy (non-hydrogen) atoms. The normalized spacial score (nSPS) is 14.5. The molecule has 1 heterocycles. The van der Waals surface area contributed by atoms with Gasteiger partial charge in [-0.3, -0.25) is 0 Å². The summed E-state index contributed by atoms with van der Waals surface area (Å²) in [7, 11) is 2.08. The highest BCUT2D eigenvalue weighted by molar-refractivity contribution is 4.87. The van der Waals surface area contributed by atoms with E-state index >= 15 is 0 Å². The van der Waals surface area contributed by atoms with Gasteiger partial charge in [0.2, 0.25) is 0 Å². The second kappa shape index (κ2) is 12.1. The van der Waals surface area contributed by atoms with Gasteiger partial charge in [-0.1, -0.05) is 64.7 Å². The third-order valence-corrected chi connectivity index (χ3v) is 3.84. The third-order valence-electron chi connectivity index (χ3n) is 3.84. The first-order valence-corrected chi connectivity index (χ1v) is 8.53. The molecule has 0 aromatic rings. The van der Waals surface area contributed by atoms with Gasteiger partial charge in [-0.15, -0.1) is 0 Å². The Morgan fingerprint density at radius 1 is 0.850 bits per heavy atom. The highest BCUT2D eigenvalue weighted by atomic mass is 16.5. The number of rotatable bonds is 13. The van der Waals surface area contributed by atoms with Gasteiger partial charge in [0.25, 0.3) is 0 Å². The monoisotopic (exact) mass is 282 g/mol. The molecule has 0 aliphatic carbocycles. The SMILES string of the molecule is CCCCCCCCCCCCOCN1C=CN(C)C1. The van der Waals surface area contributed by atoms with Crippen molar-refractivity contribution in [1.29, 1.82) is 0 Å². The molecular formula is C17H34N2O. The molecule has 0 saturated heterocycles.